The van der Waals surface area contributed by atoms with Crippen LogP contribution in [0.2, 0.25) is 5.02 Å². The molecule has 6 heteroatoms. The normalized spacial score (nSPS) is 11.6. The van der Waals surface area contributed by atoms with Crippen molar-refractivity contribution in [3.8, 4) is 0 Å². The minimum Gasteiger partial charge on any atom is -0.324 e. The van der Waals surface area contributed by atoms with Crippen molar-refractivity contribution in [3.05, 3.63) is 59.6 Å². The minimum atomic E-state index is -0.705. The third kappa shape index (κ3) is 4.31. The van der Waals surface area contributed by atoms with Gasteiger partial charge in [0.15, 0.2) is 0 Å². The Morgan fingerprint density at radius 2 is 1.74 bits per heavy atom. The number of anilines is 2. The van der Waals surface area contributed by atoms with E-state index in [4.69, 9.17) is 17.3 Å². The first kappa shape index (κ1) is 17.0. The van der Waals surface area contributed by atoms with E-state index in [1.54, 1.807) is 55.5 Å². The number of amides is 2. The number of carbonyl (C=O) groups excluding carboxylic acids is 2. The molecule has 23 heavy (non-hydrogen) atoms. The molecule has 0 fully saturated rings. The summed E-state index contributed by atoms with van der Waals surface area (Å²) in [6, 6.07) is 15.0. The molecule has 0 aromatic heterocycles. The fourth-order valence-corrected chi connectivity index (χ4v) is 2.29. The van der Waals surface area contributed by atoms with Gasteiger partial charge in [0.05, 0.1) is 6.54 Å². The molecule has 2 amide bonds. The lowest BCUT2D eigenvalue weighted by atomic mass is 10.2. The first-order chi connectivity index (χ1) is 11.0. The lowest BCUT2D eigenvalue weighted by Crippen LogP contribution is -2.48. The van der Waals surface area contributed by atoms with Crippen molar-refractivity contribution in [1.29, 1.82) is 0 Å². The Hall–Kier alpha value is -2.37. The van der Waals surface area contributed by atoms with Crippen molar-refractivity contribution < 1.29 is 9.59 Å². The van der Waals surface area contributed by atoms with Crippen LogP contribution in [0.25, 0.3) is 0 Å². The molecule has 0 radical (unpaired) electrons. The predicted octanol–water partition coefficient (Wildman–Crippen LogP) is 2.66. The Kier molecular flexibility index (Phi) is 5.73. The Morgan fingerprint density at radius 1 is 1.13 bits per heavy atom. The molecule has 5 nitrogen and oxygen atoms in total. The maximum atomic E-state index is 12.5. The number of halogens is 1. The summed E-state index contributed by atoms with van der Waals surface area (Å²) in [6.07, 6.45) is 0. The first-order valence-electron chi connectivity index (χ1n) is 7.16. The smallest absolute Gasteiger partial charge is 0.247 e. The average Bonchev–Trinajstić information content (AvgIpc) is 2.57. The van der Waals surface area contributed by atoms with Crippen molar-refractivity contribution in [2.24, 2.45) is 5.73 Å². The van der Waals surface area contributed by atoms with E-state index in [-0.39, 0.29) is 18.4 Å². The SMILES string of the molecule is CC(C(=O)Nc1ccc(Cl)cc1)N(C(=O)CN)c1ccccc1. The van der Waals surface area contributed by atoms with Crippen LogP contribution in [0.3, 0.4) is 0 Å². The summed E-state index contributed by atoms with van der Waals surface area (Å²) >= 11 is 5.82. The Morgan fingerprint density at radius 3 is 2.30 bits per heavy atom. The van der Waals surface area contributed by atoms with Crippen LogP contribution < -0.4 is 16.0 Å². The van der Waals surface area contributed by atoms with Crippen LogP contribution in [0.1, 0.15) is 6.92 Å². The monoisotopic (exact) mass is 331 g/mol. The van der Waals surface area contributed by atoms with Crippen LogP contribution in [-0.2, 0) is 9.59 Å². The molecule has 0 aliphatic heterocycles. The molecule has 0 saturated heterocycles. The molecule has 1 unspecified atom stereocenters. The standard InChI is InChI=1S/C17H18ClN3O2/c1-12(17(23)20-14-9-7-13(18)8-10-14)21(16(22)11-19)15-5-3-2-4-6-15/h2-10,12H,11,19H2,1H3,(H,20,23). The molecule has 2 rings (SSSR count). The van der Waals surface area contributed by atoms with Crippen LogP contribution in [-0.4, -0.2) is 24.4 Å². The number of nitrogens with two attached hydrogens (primary N) is 1. The molecular weight excluding hydrogens is 314 g/mol. The minimum absolute atomic E-state index is 0.173. The second kappa shape index (κ2) is 7.76. The summed E-state index contributed by atoms with van der Waals surface area (Å²) < 4.78 is 0. The van der Waals surface area contributed by atoms with E-state index >= 15 is 0 Å². The summed E-state index contributed by atoms with van der Waals surface area (Å²) in [4.78, 5) is 26.0. The van der Waals surface area contributed by atoms with Gasteiger partial charge in [-0.15, -0.1) is 0 Å². The highest BCUT2D eigenvalue weighted by atomic mass is 35.5. The Bertz CT molecular complexity index is 674. The lowest BCUT2D eigenvalue weighted by molar-refractivity contribution is -0.122. The summed E-state index contributed by atoms with van der Waals surface area (Å²) in [7, 11) is 0. The zero-order valence-corrected chi connectivity index (χ0v) is 13.5. The summed E-state index contributed by atoms with van der Waals surface area (Å²) in [5.74, 6) is -0.632. The van der Waals surface area contributed by atoms with E-state index in [0.29, 0.717) is 16.4 Å². The summed E-state index contributed by atoms with van der Waals surface area (Å²) in [5, 5.41) is 3.35. The zero-order valence-electron chi connectivity index (χ0n) is 12.7. The summed E-state index contributed by atoms with van der Waals surface area (Å²) in [6.45, 7) is 1.49. The van der Waals surface area contributed by atoms with Crippen LogP contribution in [0.5, 0.6) is 0 Å². The summed E-state index contributed by atoms with van der Waals surface area (Å²) in [5.41, 5.74) is 6.72. The van der Waals surface area contributed by atoms with Gasteiger partial charge in [-0.2, -0.15) is 0 Å². The number of rotatable bonds is 5. The molecule has 1 atom stereocenters. The molecule has 2 aromatic carbocycles. The van der Waals surface area contributed by atoms with Gasteiger partial charge in [0.1, 0.15) is 6.04 Å². The van der Waals surface area contributed by atoms with E-state index < -0.39 is 6.04 Å². The topological polar surface area (TPSA) is 75.4 Å². The zero-order chi connectivity index (χ0) is 16.8. The molecule has 0 spiro atoms. The molecule has 0 bridgehead atoms. The average molecular weight is 332 g/mol. The number of nitrogens with one attached hydrogen (secondary N) is 1. The molecule has 3 N–H and O–H groups in total. The molecule has 0 heterocycles. The third-order valence-electron chi connectivity index (χ3n) is 3.36. The van der Waals surface area contributed by atoms with Gasteiger partial charge >= 0.3 is 0 Å². The van der Waals surface area contributed by atoms with Gasteiger partial charge in [-0.3, -0.25) is 14.5 Å². The van der Waals surface area contributed by atoms with Crippen LogP contribution in [0, 0.1) is 0 Å². The molecule has 120 valence electrons. The number of benzene rings is 2. The third-order valence-corrected chi connectivity index (χ3v) is 3.61. The van der Waals surface area contributed by atoms with Gasteiger partial charge in [-0.05, 0) is 43.3 Å². The second-order valence-electron chi connectivity index (χ2n) is 4.98. The fraction of sp³-hybridized carbons (Fsp3) is 0.176. The van der Waals surface area contributed by atoms with Crippen molar-refractivity contribution in [1.82, 2.24) is 0 Å². The maximum Gasteiger partial charge on any atom is 0.247 e. The maximum absolute atomic E-state index is 12.5. The van der Waals surface area contributed by atoms with Crippen molar-refractivity contribution in [2.45, 2.75) is 13.0 Å². The van der Waals surface area contributed by atoms with Crippen LogP contribution in [0.15, 0.2) is 54.6 Å². The van der Waals surface area contributed by atoms with Gasteiger partial charge in [0.2, 0.25) is 11.8 Å². The van der Waals surface area contributed by atoms with Crippen molar-refractivity contribution in [3.63, 3.8) is 0 Å². The van der Waals surface area contributed by atoms with Gasteiger partial charge in [0.25, 0.3) is 0 Å². The highest BCUT2D eigenvalue weighted by Crippen LogP contribution is 2.19. The first-order valence-corrected chi connectivity index (χ1v) is 7.54. The van der Waals surface area contributed by atoms with Crippen LogP contribution in [0.4, 0.5) is 11.4 Å². The van der Waals surface area contributed by atoms with Gasteiger partial charge in [-0.1, -0.05) is 29.8 Å². The number of carbonyl (C=O) groups is 2. The van der Waals surface area contributed by atoms with E-state index in [0.717, 1.165) is 0 Å². The number of para-hydroxylation sites is 1. The second-order valence-corrected chi connectivity index (χ2v) is 5.41. The van der Waals surface area contributed by atoms with Crippen LogP contribution >= 0.6 is 11.6 Å². The quantitative estimate of drug-likeness (QED) is 0.884. The largest absolute Gasteiger partial charge is 0.324 e. The van der Waals surface area contributed by atoms with Crippen molar-refractivity contribution in [2.75, 3.05) is 16.8 Å². The van der Waals surface area contributed by atoms with E-state index in [2.05, 4.69) is 5.32 Å². The highest BCUT2D eigenvalue weighted by Gasteiger charge is 2.26. The van der Waals surface area contributed by atoms with E-state index in [9.17, 15) is 9.59 Å². The van der Waals surface area contributed by atoms with Gasteiger partial charge < -0.3 is 11.1 Å². The predicted molar refractivity (Wildman–Crippen MR) is 92.5 cm³/mol. The van der Waals surface area contributed by atoms with Gasteiger partial charge in [-0.25, -0.2) is 0 Å². The molecular formula is C17H18ClN3O2. The molecule has 0 saturated carbocycles. The number of hydrogen-bond acceptors (Lipinski definition) is 3. The fourth-order valence-electron chi connectivity index (χ4n) is 2.17. The molecule has 2 aromatic rings. The molecule has 0 aliphatic carbocycles. The lowest BCUT2D eigenvalue weighted by Gasteiger charge is -2.28. The van der Waals surface area contributed by atoms with E-state index in [1.165, 1.54) is 4.90 Å². The van der Waals surface area contributed by atoms with E-state index in [1.807, 2.05) is 6.07 Å². The Balaban J connectivity index is 2.19. The van der Waals surface area contributed by atoms with Crippen molar-refractivity contribution >= 4 is 34.8 Å². The number of hydrogen-bond donors (Lipinski definition) is 2. The van der Waals surface area contributed by atoms with Gasteiger partial charge in [0, 0.05) is 16.4 Å². The highest BCUT2D eigenvalue weighted by molar-refractivity contribution is 6.30. The number of nitrogens with zero attached hydrogens (tertiary/aromatic N) is 1. The molecule has 0 aliphatic rings. The Labute approximate surface area is 140 Å².